The minimum Gasteiger partial charge on any atom is -0.356 e. The number of carbonyl (C=O) groups excluding carboxylic acids is 1. The molecule has 3 rings (SSSR count). The van der Waals surface area contributed by atoms with Gasteiger partial charge in [0, 0.05) is 56.7 Å². The predicted octanol–water partition coefficient (Wildman–Crippen LogP) is 1.75. The number of nitrogens with one attached hydrogen (secondary N) is 1. The third-order valence-electron chi connectivity index (χ3n) is 5.17. The molecular weight excluding hydrogens is 366 g/mol. The predicted molar refractivity (Wildman–Crippen MR) is 105 cm³/mol. The van der Waals surface area contributed by atoms with Crippen molar-refractivity contribution in [3.8, 4) is 0 Å². The van der Waals surface area contributed by atoms with Crippen LogP contribution in [0.3, 0.4) is 0 Å². The third-order valence-corrected chi connectivity index (χ3v) is 5.17. The molecule has 0 spiro atoms. The van der Waals surface area contributed by atoms with Crippen molar-refractivity contribution in [2.45, 2.75) is 51.1 Å². The van der Waals surface area contributed by atoms with Gasteiger partial charge in [-0.05, 0) is 27.8 Å². The van der Waals surface area contributed by atoms with Gasteiger partial charge in [0.2, 0.25) is 5.91 Å². The number of piperidine rings is 1. The van der Waals surface area contributed by atoms with Crippen molar-refractivity contribution in [3.63, 3.8) is 0 Å². The summed E-state index contributed by atoms with van der Waals surface area (Å²) in [7, 11) is 1.95. The normalized spacial score (nSPS) is 20.2. The van der Waals surface area contributed by atoms with Gasteiger partial charge in [-0.1, -0.05) is 0 Å². The zero-order valence-electron chi connectivity index (χ0n) is 17.1. The minimum absolute atomic E-state index is 0.0136. The SMILES string of the molecule is CN(CC(=O)NC(C)(C)C)C1CN(c2cc(N3CCC(F)(F)CC3)ncn2)C1. The largest absolute Gasteiger partial charge is 0.356 e. The maximum atomic E-state index is 13.4. The molecule has 0 bridgehead atoms. The van der Waals surface area contributed by atoms with Gasteiger partial charge in [0.25, 0.3) is 5.92 Å². The summed E-state index contributed by atoms with van der Waals surface area (Å²) in [5.41, 5.74) is -0.237. The van der Waals surface area contributed by atoms with Crippen molar-refractivity contribution < 1.29 is 13.6 Å². The lowest BCUT2D eigenvalue weighted by Crippen LogP contribution is -2.60. The molecule has 2 saturated heterocycles. The van der Waals surface area contributed by atoms with Gasteiger partial charge < -0.3 is 15.1 Å². The Bertz CT molecular complexity index is 692. The van der Waals surface area contributed by atoms with E-state index in [2.05, 4.69) is 20.2 Å². The quantitative estimate of drug-likeness (QED) is 0.818. The summed E-state index contributed by atoms with van der Waals surface area (Å²) in [6.45, 7) is 8.40. The molecule has 1 aromatic rings. The Morgan fingerprint density at radius 2 is 1.79 bits per heavy atom. The van der Waals surface area contributed by atoms with E-state index in [0.717, 1.165) is 18.9 Å². The third kappa shape index (κ3) is 5.27. The fourth-order valence-corrected chi connectivity index (χ4v) is 3.48. The molecule has 2 aliphatic heterocycles. The van der Waals surface area contributed by atoms with Crippen molar-refractivity contribution in [2.75, 3.05) is 49.6 Å². The number of carbonyl (C=O) groups is 1. The summed E-state index contributed by atoms with van der Waals surface area (Å²) in [6, 6.07) is 2.14. The molecule has 0 aromatic carbocycles. The van der Waals surface area contributed by atoms with E-state index in [1.54, 1.807) is 0 Å². The van der Waals surface area contributed by atoms with Crippen LogP contribution in [0, 0.1) is 0 Å². The molecule has 2 fully saturated rings. The number of anilines is 2. The number of hydrogen-bond acceptors (Lipinski definition) is 6. The molecule has 3 heterocycles. The number of alkyl halides is 2. The number of halogens is 2. The fraction of sp³-hybridized carbons (Fsp3) is 0.737. The molecule has 0 unspecified atom stereocenters. The van der Waals surface area contributed by atoms with E-state index in [-0.39, 0.29) is 30.3 Å². The highest BCUT2D eigenvalue weighted by Gasteiger charge is 2.35. The number of nitrogens with zero attached hydrogens (tertiary/aromatic N) is 5. The summed E-state index contributed by atoms with van der Waals surface area (Å²) in [4.78, 5) is 26.7. The van der Waals surface area contributed by atoms with Gasteiger partial charge >= 0.3 is 0 Å². The highest BCUT2D eigenvalue weighted by molar-refractivity contribution is 5.78. The van der Waals surface area contributed by atoms with Gasteiger partial charge in [-0.25, -0.2) is 18.7 Å². The molecule has 0 aliphatic carbocycles. The highest BCUT2D eigenvalue weighted by Crippen LogP contribution is 2.31. The molecule has 9 heteroatoms. The standard InChI is InChI=1S/C19H30F2N6O/c1-18(2,3)24-17(28)12-25(4)14-10-27(11-14)16-9-15(22-13-23-16)26-7-5-19(20,21)6-8-26/h9,13-14H,5-8,10-12H2,1-4H3,(H,24,28). The number of hydrogen-bond donors (Lipinski definition) is 1. The van der Waals surface area contributed by atoms with Crippen molar-refractivity contribution >= 4 is 17.5 Å². The van der Waals surface area contributed by atoms with Crippen LogP contribution < -0.4 is 15.1 Å². The van der Waals surface area contributed by atoms with Crippen LogP contribution in [0.4, 0.5) is 20.4 Å². The van der Waals surface area contributed by atoms with E-state index in [9.17, 15) is 13.6 Å². The number of rotatable bonds is 5. The Morgan fingerprint density at radius 1 is 1.21 bits per heavy atom. The fourth-order valence-electron chi connectivity index (χ4n) is 3.48. The molecule has 1 aromatic heterocycles. The zero-order chi connectivity index (χ0) is 20.5. The summed E-state index contributed by atoms with van der Waals surface area (Å²) in [5.74, 6) is -1.06. The molecule has 1 N–H and O–H groups in total. The Labute approximate surface area is 165 Å². The first-order chi connectivity index (χ1) is 13.0. The van der Waals surface area contributed by atoms with Crippen LogP contribution in [0.2, 0.25) is 0 Å². The van der Waals surface area contributed by atoms with Crippen LogP contribution in [0.15, 0.2) is 12.4 Å². The Kier molecular flexibility index (Phi) is 5.74. The molecule has 0 atom stereocenters. The lowest BCUT2D eigenvalue weighted by Gasteiger charge is -2.44. The zero-order valence-corrected chi connectivity index (χ0v) is 17.1. The first kappa shape index (κ1) is 20.7. The molecule has 156 valence electrons. The van der Waals surface area contributed by atoms with Crippen molar-refractivity contribution in [3.05, 3.63) is 12.4 Å². The summed E-state index contributed by atoms with van der Waals surface area (Å²) < 4.78 is 26.7. The maximum Gasteiger partial charge on any atom is 0.251 e. The molecule has 0 saturated carbocycles. The van der Waals surface area contributed by atoms with Gasteiger partial charge in [0.05, 0.1) is 6.54 Å². The van der Waals surface area contributed by atoms with Crippen molar-refractivity contribution in [1.82, 2.24) is 20.2 Å². The minimum atomic E-state index is -2.57. The number of likely N-dealkylation sites (N-methyl/N-ethyl adjacent to an activating group) is 1. The van der Waals surface area contributed by atoms with Crippen molar-refractivity contribution in [2.24, 2.45) is 0 Å². The molecule has 0 radical (unpaired) electrons. The van der Waals surface area contributed by atoms with Gasteiger partial charge in [0.15, 0.2) is 0 Å². The van der Waals surface area contributed by atoms with E-state index < -0.39 is 5.92 Å². The maximum absolute atomic E-state index is 13.4. The van der Waals surface area contributed by atoms with Crippen LogP contribution in [0.5, 0.6) is 0 Å². The summed E-state index contributed by atoms with van der Waals surface area (Å²) in [5, 5.41) is 2.97. The Morgan fingerprint density at radius 3 is 2.36 bits per heavy atom. The van der Waals surface area contributed by atoms with Crippen molar-refractivity contribution in [1.29, 1.82) is 0 Å². The Balaban J connectivity index is 1.51. The monoisotopic (exact) mass is 396 g/mol. The van der Waals surface area contributed by atoms with E-state index in [1.807, 2.05) is 43.7 Å². The van der Waals surface area contributed by atoms with Crippen LogP contribution >= 0.6 is 0 Å². The summed E-state index contributed by atoms with van der Waals surface area (Å²) in [6.07, 6.45) is 1.21. The molecule has 1 amide bonds. The van der Waals surface area contributed by atoms with Gasteiger partial charge in [0.1, 0.15) is 18.0 Å². The molecular formula is C19H30F2N6O. The van der Waals surface area contributed by atoms with Gasteiger partial charge in [-0.3, -0.25) is 9.69 Å². The second kappa shape index (κ2) is 7.77. The van der Waals surface area contributed by atoms with Crippen LogP contribution in [0.1, 0.15) is 33.6 Å². The second-order valence-corrected chi connectivity index (χ2v) is 8.85. The molecule has 7 nitrogen and oxygen atoms in total. The Hall–Kier alpha value is -2.03. The highest BCUT2D eigenvalue weighted by atomic mass is 19.3. The van der Waals surface area contributed by atoms with E-state index in [4.69, 9.17) is 0 Å². The summed E-state index contributed by atoms with van der Waals surface area (Å²) >= 11 is 0. The van der Waals surface area contributed by atoms with E-state index in [1.165, 1.54) is 6.33 Å². The number of aromatic nitrogens is 2. The smallest absolute Gasteiger partial charge is 0.251 e. The van der Waals surface area contributed by atoms with Crippen LogP contribution in [0.25, 0.3) is 0 Å². The van der Waals surface area contributed by atoms with Gasteiger partial charge in [-0.15, -0.1) is 0 Å². The van der Waals surface area contributed by atoms with Crippen LogP contribution in [-0.2, 0) is 4.79 Å². The molecule has 2 aliphatic rings. The second-order valence-electron chi connectivity index (χ2n) is 8.85. The lowest BCUT2D eigenvalue weighted by atomic mass is 10.1. The lowest BCUT2D eigenvalue weighted by molar-refractivity contribution is -0.123. The van der Waals surface area contributed by atoms with Gasteiger partial charge in [-0.2, -0.15) is 0 Å². The average molecular weight is 396 g/mol. The van der Waals surface area contributed by atoms with Crippen LogP contribution in [-0.4, -0.2) is 78.0 Å². The average Bonchev–Trinajstić information content (AvgIpc) is 2.51. The van der Waals surface area contributed by atoms with E-state index in [0.29, 0.717) is 25.5 Å². The topological polar surface area (TPSA) is 64.6 Å². The first-order valence-electron chi connectivity index (χ1n) is 9.73. The van der Waals surface area contributed by atoms with E-state index >= 15 is 0 Å². The first-order valence-corrected chi connectivity index (χ1v) is 9.73. The number of amides is 1. The molecule has 28 heavy (non-hydrogen) atoms.